The molecule has 0 saturated carbocycles. The molecule has 0 amide bonds. The van der Waals surface area contributed by atoms with Crippen molar-refractivity contribution < 1.29 is 4.74 Å². The van der Waals surface area contributed by atoms with Crippen molar-refractivity contribution in [1.29, 1.82) is 0 Å². The van der Waals surface area contributed by atoms with Crippen molar-refractivity contribution in [1.82, 2.24) is 9.97 Å². The topological polar surface area (TPSA) is 64.3 Å². The lowest BCUT2D eigenvalue weighted by atomic mass is 10.4. The zero-order valence-corrected chi connectivity index (χ0v) is 8.23. The molecule has 76 valence electrons. The van der Waals surface area contributed by atoms with Crippen LogP contribution in [-0.4, -0.2) is 30.2 Å². The molecule has 0 unspecified atom stereocenters. The first-order valence-electron chi connectivity index (χ1n) is 4.72. The van der Waals surface area contributed by atoms with Crippen LogP contribution >= 0.6 is 0 Å². The summed E-state index contributed by atoms with van der Waals surface area (Å²) in [4.78, 5) is 10.4. The zero-order valence-electron chi connectivity index (χ0n) is 8.23. The predicted octanol–water partition coefficient (Wildman–Crippen LogP) is 0.668. The third-order valence-electron chi connectivity index (χ3n) is 2.36. The Balaban J connectivity index is 2.29. The second kappa shape index (κ2) is 3.69. The van der Waals surface area contributed by atoms with Crippen LogP contribution in [0.25, 0.3) is 0 Å². The molecular weight excluding hydrogens is 180 g/mol. The Morgan fingerprint density at radius 3 is 2.79 bits per heavy atom. The van der Waals surface area contributed by atoms with Gasteiger partial charge in [-0.25, -0.2) is 4.98 Å². The van der Waals surface area contributed by atoms with Gasteiger partial charge in [-0.1, -0.05) is 0 Å². The van der Waals surface area contributed by atoms with Crippen molar-refractivity contribution in [2.24, 2.45) is 0 Å². The first kappa shape index (κ1) is 9.05. The highest BCUT2D eigenvalue weighted by molar-refractivity contribution is 5.62. The Kier molecular flexibility index (Phi) is 2.39. The second-order valence-electron chi connectivity index (χ2n) is 3.33. The summed E-state index contributed by atoms with van der Waals surface area (Å²) in [5, 5.41) is 0. The van der Waals surface area contributed by atoms with E-state index >= 15 is 0 Å². The van der Waals surface area contributed by atoms with Crippen LogP contribution in [-0.2, 0) is 0 Å². The lowest BCUT2D eigenvalue weighted by molar-refractivity contribution is 0.380. The number of hydrogen-bond acceptors (Lipinski definition) is 5. The summed E-state index contributed by atoms with van der Waals surface area (Å²) in [5.74, 6) is 0.800. The molecule has 1 aliphatic heterocycles. The van der Waals surface area contributed by atoms with E-state index in [-0.39, 0.29) is 0 Å². The van der Waals surface area contributed by atoms with Gasteiger partial charge in [-0.05, 0) is 12.8 Å². The number of ether oxygens (including phenoxy) is 1. The molecule has 0 radical (unpaired) electrons. The van der Waals surface area contributed by atoms with Gasteiger partial charge in [-0.15, -0.1) is 0 Å². The SMILES string of the molecule is COc1ncc(N)c(N2CCCC2)n1. The fourth-order valence-electron chi connectivity index (χ4n) is 1.65. The fourth-order valence-corrected chi connectivity index (χ4v) is 1.65. The number of methoxy groups -OCH3 is 1. The highest BCUT2D eigenvalue weighted by Gasteiger charge is 2.17. The molecule has 5 heteroatoms. The van der Waals surface area contributed by atoms with E-state index in [1.54, 1.807) is 13.3 Å². The maximum atomic E-state index is 5.80. The van der Waals surface area contributed by atoms with Crippen LogP contribution in [0.2, 0.25) is 0 Å². The normalized spacial score (nSPS) is 15.9. The summed E-state index contributed by atoms with van der Waals surface area (Å²) in [6, 6.07) is 0.376. The fraction of sp³-hybridized carbons (Fsp3) is 0.556. The first-order valence-corrected chi connectivity index (χ1v) is 4.72. The van der Waals surface area contributed by atoms with Gasteiger partial charge < -0.3 is 15.4 Å². The Hall–Kier alpha value is -1.52. The zero-order chi connectivity index (χ0) is 9.97. The number of anilines is 2. The maximum absolute atomic E-state index is 5.80. The molecular formula is C9H14N4O. The van der Waals surface area contributed by atoms with Gasteiger partial charge in [-0.3, -0.25) is 0 Å². The summed E-state index contributed by atoms with van der Waals surface area (Å²) in [7, 11) is 1.55. The number of aromatic nitrogens is 2. The van der Waals surface area contributed by atoms with Crippen molar-refractivity contribution in [2.45, 2.75) is 12.8 Å². The molecule has 1 aromatic heterocycles. The lowest BCUT2D eigenvalue weighted by Crippen LogP contribution is -2.20. The van der Waals surface area contributed by atoms with Gasteiger partial charge in [0.2, 0.25) is 0 Å². The average molecular weight is 194 g/mol. The summed E-state index contributed by atoms with van der Waals surface area (Å²) in [6.07, 6.45) is 4.00. The molecule has 1 fully saturated rings. The van der Waals surface area contributed by atoms with E-state index in [1.807, 2.05) is 0 Å². The summed E-state index contributed by atoms with van der Waals surface area (Å²) in [5.41, 5.74) is 6.42. The molecule has 0 aliphatic carbocycles. The van der Waals surface area contributed by atoms with Crippen LogP contribution in [0.5, 0.6) is 6.01 Å². The van der Waals surface area contributed by atoms with E-state index in [0.717, 1.165) is 18.9 Å². The lowest BCUT2D eigenvalue weighted by Gasteiger charge is -2.17. The van der Waals surface area contributed by atoms with Crippen LogP contribution in [0.4, 0.5) is 11.5 Å². The molecule has 1 aromatic rings. The van der Waals surface area contributed by atoms with Gasteiger partial charge in [0.15, 0.2) is 5.82 Å². The number of rotatable bonds is 2. The Morgan fingerprint density at radius 2 is 2.14 bits per heavy atom. The smallest absolute Gasteiger partial charge is 0.318 e. The molecule has 0 aromatic carbocycles. The van der Waals surface area contributed by atoms with Gasteiger partial charge in [0.05, 0.1) is 19.0 Å². The molecule has 2 heterocycles. The molecule has 2 rings (SSSR count). The van der Waals surface area contributed by atoms with E-state index in [0.29, 0.717) is 11.7 Å². The van der Waals surface area contributed by atoms with Gasteiger partial charge in [0, 0.05) is 13.1 Å². The number of nitrogen functional groups attached to an aromatic ring is 1. The van der Waals surface area contributed by atoms with E-state index < -0.39 is 0 Å². The molecule has 0 spiro atoms. The van der Waals surface area contributed by atoms with Crippen molar-refractivity contribution >= 4 is 11.5 Å². The molecule has 2 N–H and O–H groups in total. The van der Waals surface area contributed by atoms with Gasteiger partial charge >= 0.3 is 6.01 Å². The Morgan fingerprint density at radius 1 is 1.43 bits per heavy atom. The van der Waals surface area contributed by atoms with Gasteiger partial charge in [-0.2, -0.15) is 4.98 Å². The third kappa shape index (κ3) is 1.57. The minimum absolute atomic E-state index is 0.376. The third-order valence-corrected chi connectivity index (χ3v) is 2.36. The van der Waals surface area contributed by atoms with Gasteiger partial charge in [0.25, 0.3) is 0 Å². The maximum Gasteiger partial charge on any atom is 0.318 e. The van der Waals surface area contributed by atoms with E-state index in [9.17, 15) is 0 Å². The highest BCUT2D eigenvalue weighted by Crippen LogP contribution is 2.24. The quantitative estimate of drug-likeness (QED) is 0.749. The van der Waals surface area contributed by atoms with Crippen LogP contribution in [0.3, 0.4) is 0 Å². The van der Waals surface area contributed by atoms with Crippen LogP contribution in [0.1, 0.15) is 12.8 Å². The molecule has 0 bridgehead atoms. The molecule has 5 nitrogen and oxygen atoms in total. The second-order valence-corrected chi connectivity index (χ2v) is 3.33. The largest absolute Gasteiger partial charge is 0.467 e. The number of nitrogens with zero attached hydrogens (tertiary/aromatic N) is 3. The molecule has 1 aliphatic rings. The Labute approximate surface area is 82.9 Å². The van der Waals surface area contributed by atoms with Crippen molar-refractivity contribution in [3.05, 3.63) is 6.20 Å². The van der Waals surface area contributed by atoms with E-state index in [1.165, 1.54) is 12.8 Å². The van der Waals surface area contributed by atoms with Crippen LogP contribution in [0.15, 0.2) is 6.20 Å². The standard InChI is InChI=1S/C9H14N4O/c1-14-9-11-6-7(10)8(12-9)13-4-2-3-5-13/h6H,2-5,10H2,1H3. The monoisotopic (exact) mass is 194 g/mol. The van der Waals surface area contributed by atoms with Crippen molar-refractivity contribution in [3.8, 4) is 6.01 Å². The Bertz CT molecular complexity index is 323. The minimum atomic E-state index is 0.376. The van der Waals surface area contributed by atoms with E-state index in [4.69, 9.17) is 10.5 Å². The van der Waals surface area contributed by atoms with Gasteiger partial charge in [0.1, 0.15) is 0 Å². The van der Waals surface area contributed by atoms with Crippen molar-refractivity contribution in [3.63, 3.8) is 0 Å². The summed E-state index contributed by atoms with van der Waals surface area (Å²) >= 11 is 0. The van der Waals surface area contributed by atoms with Crippen LogP contribution in [0, 0.1) is 0 Å². The average Bonchev–Trinajstić information content (AvgIpc) is 2.71. The summed E-state index contributed by atoms with van der Waals surface area (Å²) in [6.45, 7) is 2.04. The van der Waals surface area contributed by atoms with Crippen molar-refractivity contribution in [2.75, 3.05) is 30.8 Å². The molecule has 0 atom stereocenters. The molecule has 14 heavy (non-hydrogen) atoms. The first-order chi connectivity index (χ1) is 6.81. The number of nitrogens with two attached hydrogens (primary N) is 1. The minimum Gasteiger partial charge on any atom is -0.467 e. The highest BCUT2D eigenvalue weighted by atomic mass is 16.5. The van der Waals surface area contributed by atoms with E-state index in [2.05, 4.69) is 14.9 Å². The molecule has 1 saturated heterocycles. The summed E-state index contributed by atoms with van der Waals surface area (Å²) < 4.78 is 4.96. The van der Waals surface area contributed by atoms with Crippen LogP contribution < -0.4 is 15.4 Å². The number of hydrogen-bond donors (Lipinski definition) is 1. The predicted molar refractivity (Wildman–Crippen MR) is 54.4 cm³/mol.